The molecule has 0 rings (SSSR count). The molecule has 0 heterocycles. The van der Waals surface area contributed by atoms with Crippen LogP contribution in [0.15, 0.2) is 5.11 Å². The van der Waals surface area contributed by atoms with E-state index in [2.05, 4.69) is 10.0 Å². The maximum Gasteiger partial charge on any atom is 0.138 e. The van der Waals surface area contributed by atoms with Gasteiger partial charge in [0.1, 0.15) is 5.78 Å². The fourth-order valence-corrected chi connectivity index (χ4v) is 0.571. The third-order valence-electron chi connectivity index (χ3n) is 1.34. The van der Waals surface area contributed by atoms with Gasteiger partial charge in [-0.1, -0.05) is 25.9 Å². The minimum absolute atomic E-state index is 0.130. The summed E-state index contributed by atoms with van der Waals surface area (Å²) in [5.41, 5.74) is 7.61. The van der Waals surface area contributed by atoms with E-state index in [1.807, 2.05) is 20.8 Å². The van der Waals surface area contributed by atoms with E-state index in [0.717, 1.165) is 0 Å². The van der Waals surface area contributed by atoms with Gasteiger partial charge in [0.25, 0.3) is 0 Å². The second-order valence-corrected chi connectivity index (χ2v) is 3.38. The molecule has 0 aromatic rings. The number of carbonyl (C=O) groups is 1. The molecule has 0 spiro atoms. The maximum atomic E-state index is 11.2. The summed E-state index contributed by atoms with van der Waals surface area (Å²) in [4.78, 5) is 13.7. The Bertz CT molecular complexity index is 186. The van der Waals surface area contributed by atoms with E-state index in [-0.39, 0.29) is 17.7 Å². The van der Waals surface area contributed by atoms with E-state index in [9.17, 15) is 4.79 Å². The number of nitrogens with zero attached hydrogens (tertiary/aromatic N) is 3. The molecule has 0 saturated heterocycles. The molecule has 0 atom stereocenters. The van der Waals surface area contributed by atoms with Crippen LogP contribution in [0, 0.1) is 5.41 Å². The number of carbonyl (C=O) groups excluding carboxylic acids is 1. The van der Waals surface area contributed by atoms with Gasteiger partial charge in [0.05, 0.1) is 0 Å². The molecular weight excluding hydrogens is 142 g/mol. The van der Waals surface area contributed by atoms with Crippen molar-refractivity contribution in [2.45, 2.75) is 27.2 Å². The zero-order chi connectivity index (χ0) is 8.91. The quantitative estimate of drug-likeness (QED) is 0.350. The van der Waals surface area contributed by atoms with E-state index in [1.165, 1.54) is 0 Å². The molecule has 0 aliphatic carbocycles. The standard InChI is InChI=1S/C7H13N3O/c1-7(2,3)6(11)4-5-9-10-8/h4-5H2,1-3H3. The minimum Gasteiger partial charge on any atom is -0.299 e. The summed E-state index contributed by atoms with van der Waals surface area (Å²) in [5.74, 6) is 0.130. The van der Waals surface area contributed by atoms with Crippen LogP contribution < -0.4 is 0 Å². The molecule has 62 valence electrons. The highest BCUT2D eigenvalue weighted by Gasteiger charge is 2.19. The van der Waals surface area contributed by atoms with Crippen LogP contribution in [0.25, 0.3) is 10.4 Å². The Kier molecular flexibility index (Phi) is 3.61. The Morgan fingerprint density at radius 1 is 1.55 bits per heavy atom. The summed E-state index contributed by atoms with van der Waals surface area (Å²) in [7, 11) is 0. The predicted molar refractivity (Wildman–Crippen MR) is 43.1 cm³/mol. The molecule has 0 aromatic carbocycles. The van der Waals surface area contributed by atoms with Gasteiger partial charge in [0, 0.05) is 23.3 Å². The molecule has 0 unspecified atom stereocenters. The van der Waals surface area contributed by atoms with Crippen molar-refractivity contribution < 1.29 is 4.79 Å². The molecule has 11 heavy (non-hydrogen) atoms. The third kappa shape index (κ3) is 4.39. The van der Waals surface area contributed by atoms with Gasteiger partial charge in [-0.05, 0) is 5.53 Å². The van der Waals surface area contributed by atoms with Gasteiger partial charge in [-0.15, -0.1) is 0 Å². The van der Waals surface area contributed by atoms with Crippen molar-refractivity contribution in [1.82, 2.24) is 0 Å². The summed E-state index contributed by atoms with van der Waals surface area (Å²) in [6.45, 7) is 5.83. The number of Topliss-reactive ketones (excluding diaryl/α,β-unsaturated/α-hetero) is 1. The molecule has 0 aliphatic rings. The van der Waals surface area contributed by atoms with Gasteiger partial charge in [-0.2, -0.15) is 0 Å². The molecular formula is C7H13N3O. The molecule has 4 heteroatoms. The van der Waals surface area contributed by atoms with E-state index in [0.29, 0.717) is 6.42 Å². The van der Waals surface area contributed by atoms with E-state index in [4.69, 9.17) is 5.53 Å². The van der Waals surface area contributed by atoms with E-state index >= 15 is 0 Å². The number of hydrogen-bond donors (Lipinski definition) is 0. The first-order valence-electron chi connectivity index (χ1n) is 3.52. The van der Waals surface area contributed by atoms with Crippen molar-refractivity contribution >= 4 is 5.78 Å². The zero-order valence-corrected chi connectivity index (χ0v) is 7.16. The van der Waals surface area contributed by atoms with Gasteiger partial charge in [0.2, 0.25) is 0 Å². The van der Waals surface area contributed by atoms with Crippen LogP contribution in [-0.2, 0) is 4.79 Å². The first-order valence-corrected chi connectivity index (χ1v) is 3.52. The van der Waals surface area contributed by atoms with Crippen molar-refractivity contribution in [3.8, 4) is 0 Å². The summed E-state index contributed by atoms with van der Waals surface area (Å²) in [6.07, 6.45) is 0.341. The summed E-state index contributed by atoms with van der Waals surface area (Å²) < 4.78 is 0. The Morgan fingerprint density at radius 2 is 2.09 bits per heavy atom. The average Bonchev–Trinajstić information content (AvgIpc) is 1.86. The lowest BCUT2D eigenvalue weighted by Gasteiger charge is -2.14. The lowest BCUT2D eigenvalue weighted by molar-refractivity contribution is -0.126. The number of hydrogen-bond acceptors (Lipinski definition) is 2. The highest BCUT2D eigenvalue weighted by Crippen LogP contribution is 2.16. The van der Waals surface area contributed by atoms with Crippen molar-refractivity contribution in [1.29, 1.82) is 0 Å². The number of azide groups is 1. The van der Waals surface area contributed by atoms with Crippen LogP contribution >= 0.6 is 0 Å². The normalized spacial score (nSPS) is 10.5. The fourth-order valence-electron chi connectivity index (χ4n) is 0.571. The van der Waals surface area contributed by atoms with Crippen LogP contribution in [0.4, 0.5) is 0 Å². The monoisotopic (exact) mass is 155 g/mol. The van der Waals surface area contributed by atoms with Gasteiger partial charge in [-0.25, -0.2) is 0 Å². The molecule has 0 saturated carbocycles. The van der Waals surface area contributed by atoms with Crippen molar-refractivity contribution in [3.05, 3.63) is 10.4 Å². The number of ketones is 1. The minimum atomic E-state index is -0.315. The largest absolute Gasteiger partial charge is 0.299 e. The van der Waals surface area contributed by atoms with E-state index in [1.54, 1.807) is 0 Å². The first kappa shape index (κ1) is 9.98. The third-order valence-corrected chi connectivity index (χ3v) is 1.34. The van der Waals surface area contributed by atoms with Crippen LogP contribution in [-0.4, -0.2) is 12.3 Å². The highest BCUT2D eigenvalue weighted by molar-refractivity contribution is 5.83. The van der Waals surface area contributed by atoms with Crippen LogP contribution in [0.5, 0.6) is 0 Å². The van der Waals surface area contributed by atoms with Crippen molar-refractivity contribution in [3.63, 3.8) is 0 Å². The van der Waals surface area contributed by atoms with Gasteiger partial charge in [0.15, 0.2) is 0 Å². The zero-order valence-electron chi connectivity index (χ0n) is 7.16. The molecule has 4 nitrogen and oxygen atoms in total. The first-order chi connectivity index (χ1) is 4.98. The van der Waals surface area contributed by atoms with Crippen molar-refractivity contribution in [2.24, 2.45) is 10.5 Å². The number of rotatable bonds is 3. The van der Waals surface area contributed by atoms with Gasteiger partial charge in [-0.3, -0.25) is 4.79 Å². The van der Waals surface area contributed by atoms with Crippen LogP contribution in [0.1, 0.15) is 27.2 Å². The lowest BCUT2D eigenvalue weighted by Crippen LogP contribution is -2.20. The Labute approximate surface area is 66.2 Å². The lowest BCUT2D eigenvalue weighted by atomic mass is 9.89. The van der Waals surface area contributed by atoms with E-state index < -0.39 is 0 Å². The molecule has 0 aliphatic heterocycles. The molecule has 0 N–H and O–H groups in total. The Morgan fingerprint density at radius 3 is 2.45 bits per heavy atom. The summed E-state index contributed by atoms with van der Waals surface area (Å²) in [6, 6.07) is 0. The summed E-state index contributed by atoms with van der Waals surface area (Å²) >= 11 is 0. The molecule has 0 fully saturated rings. The highest BCUT2D eigenvalue weighted by atomic mass is 16.1. The average molecular weight is 155 g/mol. The topological polar surface area (TPSA) is 65.8 Å². The molecule has 0 bridgehead atoms. The second kappa shape index (κ2) is 3.98. The van der Waals surface area contributed by atoms with Crippen molar-refractivity contribution in [2.75, 3.05) is 6.54 Å². The smallest absolute Gasteiger partial charge is 0.138 e. The molecule has 0 amide bonds. The molecule has 0 radical (unpaired) electrons. The van der Waals surface area contributed by atoms with Gasteiger partial charge >= 0.3 is 0 Å². The summed E-state index contributed by atoms with van der Waals surface area (Å²) in [5, 5.41) is 3.28. The Balaban J connectivity index is 3.80. The van der Waals surface area contributed by atoms with Crippen LogP contribution in [0.2, 0.25) is 0 Å². The SMILES string of the molecule is CC(C)(C)C(=O)CCN=[N+]=[N-]. The van der Waals surface area contributed by atoms with Crippen LogP contribution in [0.3, 0.4) is 0 Å². The Hall–Kier alpha value is -1.02. The maximum absolute atomic E-state index is 11.2. The predicted octanol–water partition coefficient (Wildman–Crippen LogP) is 2.30. The van der Waals surface area contributed by atoms with Gasteiger partial charge < -0.3 is 0 Å². The molecule has 0 aromatic heterocycles. The fraction of sp³-hybridized carbons (Fsp3) is 0.857. The second-order valence-electron chi connectivity index (χ2n) is 3.38.